The number of aliphatic hydroxyl groups is 1. The average Bonchev–Trinajstić information content (AvgIpc) is 2.74. The topological polar surface area (TPSA) is 50.1 Å². The molecule has 0 aliphatic rings. The van der Waals surface area contributed by atoms with Crippen molar-refractivity contribution in [3.63, 3.8) is 0 Å². The minimum absolute atomic E-state index is 0.0234. The molecule has 2 N–H and O–H groups in total. The molecule has 0 saturated heterocycles. The molecule has 2 atom stereocenters. The Morgan fingerprint density at radius 1 is 1.50 bits per heavy atom. The maximum Gasteiger partial charge on any atom is 0.106 e. The number of fused-ring (bicyclic) bond motifs is 1. The fraction of sp³-hybridized carbons (Fsp3) is 0.438. The van der Waals surface area contributed by atoms with E-state index in [4.69, 9.17) is 0 Å². The Bertz CT molecular complexity index is 603. The molecule has 0 fully saturated rings. The van der Waals surface area contributed by atoms with Crippen molar-refractivity contribution in [1.82, 2.24) is 14.9 Å². The first kappa shape index (κ1) is 14.8. The third-order valence-corrected chi connectivity index (χ3v) is 3.82. The summed E-state index contributed by atoms with van der Waals surface area (Å²) in [6.45, 7) is 8.44. The van der Waals surface area contributed by atoms with Gasteiger partial charge in [0.1, 0.15) is 5.82 Å². The van der Waals surface area contributed by atoms with Crippen molar-refractivity contribution < 1.29 is 5.11 Å². The van der Waals surface area contributed by atoms with Gasteiger partial charge in [-0.3, -0.25) is 0 Å². The lowest BCUT2D eigenvalue weighted by molar-refractivity contribution is 0.128. The minimum Gasteiger partial charge on any atom is -0.387 e. The number of rotatable bonds is 6. The van der Waals surface area contributed by atoms with Crippen LogP contribution < -0.4 is 5.32 Å². The first-order chi connectivity index (χ1) is 9.58. The van der Waals surface area contributed by atoms with Crippen LogP contribution in [0.4, 0.5) is 0 Å². The molecule has 108 valence electrons. The van der Waals surface area contributed by atoms with Gasteiger partial charge in [0.25, 0.3) is 0 Å². The highest BCUT2D eigenvalue weighted by Crippen LogP contribution is 2.23. The van der Waals surface area contributed by atoms with E-state index in [2.05, 4.69) is 28.4 Å². The number of nitrogens with zero attached hydrogens (tertiary/aromatic N) is 2. The standard InChI is InChI=1S/C16H23N3O/c1-5-9-17-13(6-2)16(20)12-7-8-15-14(10-12)18-11(3)19(15)4/h5,7-8,10,13,16-17,20H,1,6,9H2,2-4H3. The van der Waals surface area contributed by atoms with Gasteiger partial charge in [-0.15, -0.1) is 6.58 Å². The number of aliphatic hydroxyl groups excluding tert-OH is 1. The lowest BCUT2D eigenvalue weighted by atomic mass is 10.00. The Kier molecular flexibility index (Phi) is 4.57. The van der Waals surface area contributed by atoms with E-state index in [0.717, 1.165) is 28.8 Å². The summed E-state index contributed by atoms with van der Waals surface area (Å²) >= 11 is 0. The van der Waals surface area contributed by atoms with Gasteiger partial charge in [0.05, 0.1) is 17.1 Å². The van der Waals surface area contributed by atoms with Crippen LogP contribution in [0.3, 0.4) is 0 Å². The van der Waals surface area contributed by atoms with Crippen molar-refractivity contribution in [1.29, 1.82) is 0 Å². The van der Waals surface area contributed by atoms with Gasteiger partial charge in [-0.1, -0.05) is 19.1 Å². The molecule has 2 unspecified atom stereocenters. The van der Waals surface area contributed by atoms with E-state index in [1.54, 1.807) is 6.08 Å². The Hall–Kier alpha value is -1.65. The van der Waals surface area contributed by atoms with E-state index in [1.165, 1.54) is 0 Å². The number of nitrogens with one attached hydrogen (secondary N) is 1. The van der Waals surface area contributed by atoms with E-state index in [9.17, 15) is 5.11 Å². The zero-order valence-corrected chi connectivity index (χ0v) is 12.4. The molecular weight excluding hydrogens is 250 g/mol. The van der Waals surface area contributed by atoms with Crippen LogP contribution in [0.2, 0.25) is 0 Å². The van der Waals surface area contributed by atoms with Gasteiger partial charge in [0.2, 0.25) is 0 Å². The smallest absolute Gasteiger partial charge is 0.106 e. The van der Waals surface area contributed by atoms with Gasteiger partial charge >= 0.3 is 0 Å². The predicted octanol–water partition coefficient (Wildman–Crippen LogP) is 2.47. The van der Waals surface area contributed by atoms with Crippen LogP contribution in [0.1, 0.15) is 30.8 Å². The lowest BCUT2D eigenvalue weighted by Gasteiger charge is -2.22. The molecule has 0 spiro atoms. The van der Waals surface area contributed by atoms with Gasteiger partial charge < -0.3 is 15.0 Å². The average molecular weight is 273 g/mol. The number of hydrogen-bond donors (Lipinski definition) is 2. The second kappa shape index (κ2) is 6.20. The summed E-state index contributed by atoms with van der Waals surface area (Å²) in [5.41, 5.74) is 2.92. The highest BCUT2D eigenvalue weighted by atomic mass is 16.3. The fourth-order valence-electron chi connectivity index (χ4n) is 2.47. The first-order valence-electron chi connectivity index (χ1n) is 7.03. The number of benzene rings is 1. The predicted molar refractivity (Wildman–Crippen MR) is 82.7 cm³/mol. The Labute approximate surface area is 120 Å². The summed E-state index contributed by atoms with van der Waals surface area (Å²) in [4.78, 5) is 4.52. The quantitative estimate of drug-likeness (QED) is 0.795. The molecule has 1 aromatic heterocycles. The largest absolute Gasteiger partial charge is 0.387 e. The van der Waals surface area contributed by atoms with Crippen molar-refractivity contribution in [3.05, 3.63) is 42.2 Å². The number of imidazole rings is 1. The summed E-state index contributed by atoms with van der Waals surface area (Å²) in [5, 5.41) is 13.8. The van der Waals surface area contributed by atoms with Crippen LogP contribution in [-0.2, 0) is 7.05 Å². The van der Waals surface area contributed by atoms with E-state index in [0.29, 0.717) is 6.54 Å². The molecule has 0 aliphatic carbocycles. The van der Waals surface area contributed by atoms with E-state index >= 15 is 0 Å². The third kappa shape index (κ3) is 2.76. The Morgan fingerprint density at radius 3 is 2.90 bits per heavy atom. The molecule has 2 rings (SSSR count). The molecule has 0 radical (unpaired) electrons. The summed E-state index contributed by atoms with van der Waals surface area (Å²) in [5.74, 6) is 0.975. The van der Waals surface area contributed by atoms with Gasteiger partial charge in [-0.05, 0) is 31.0 Å². The van der Waals surface area contributed by atoms with Crippen LogP contribution in [0, 0.1) is 6.92 Å². The zero-order chi connectivity index (χ0) is 14.7. The number of aryl methyl sites for hydroxylation is 2. The molecule has 20 heavy (non-hydrogen) atoms. The van der Waals surface area contributed by atoms with Gasteiger partial charge in [-0.25, -0.2) is 4.98 Å². The summed E-state index contributed by atoms with van der Waals surface area (Å²) in [7, 11) is 2.00. The molecule has 0 amide bonds. The first-order valence-corrected chi connectivity index (χ1v) is 7.03. The number of aromatic nitrogens is 2. The lowest BCUT2D eigenvalue weighted by Crippen LogP contribution is -2.34. The second-order valence-electron chi connectivity index (χ2n) is 5.12. The molecule has 0 aliphatic heterocycles. The third-order valence-electron chi connectivity index (χ3n) is 3.82. The van der Waals surface area contributed by atoms with E-state index in [1.807, 2.05) is 32.2 Å². The Morgan fingerprint density at radius 2 is 2.25 bits per heavy atom. The zero-order valence-electron chi connectivity index (χ0n) is 12.4. The normalized spacial score (nSPS) is 14.4. The van der Waals surface area contributed by atoms with Crippen LogP contribution in [0.15, 0.2) is 30.9 Å². The van der Waals surface area contributed by atoms with Crippen molar-refractivity contribution in [3.8, 4) is 0 Å². The van der Waals surface area contributed by atoms with E-state index < -0.39 is 6.10 Å². The molecular formula is C16H23N3O. The number of hydrogen-bond acceptors (Lipinski definition) is 3. The van der Waals surface area contributed by atoms with Gasteiger partial charge in [-0.2, -0.15) is 0 Å². The maximum atomic E-state index is 10.5. The molecule has 1 aromatic carbocycles. The molecule has 2 aromatic rings. The summed E-state index contributed by atoms with van der Waals surface area (Å²) in [6, 6.07) is 6.00. The molecule has 4 heteroatoms. The molecule has 0 saturated carbocycles. The van der Waals surface area contributed by atoms with Crippen molar-refractivity contribution >= 4 is 11.0 Å². The van der Waals surface area contributed by atoms with E-state index in [-0.39, 0.29) is 6.04 Å². The minimum atomic E-state index is -0.535. The van der Waals surface area contributed by atoms with Crippen molar-refractivity contribution in [2.24, 2.45) is 7.05 Å². The highest BCUT2D eigenvalue weighted by molar-refractivity contribution is 5.76. The monoisotopic (exact) mass is 273 g/mol. The highest BCUT2D eigenvalue weighted by Gasteiger charge is 2.19. The van der Waals surface area contributed by atoms with Crippen molar-refractivity contribution in [2.75, 3.05) is 6.54 Å². The van der Waals surface area contributed by atoms with Crippen molar-refractivity contribution in [2.45, 2.75) is 32.4 Å². The SMILES string of the molecule is C=CCNC(CC)C(O)c1ccc2c(c1)nc(C)n2C. The second-order valence-corrected chi connectivity index (χ2v) is 5.12. The van der Waals surface area contributed by atoms with Gasteiger partial charge in [0.15, 0.2) is 0 Å². The van der Waals surface area contributed by atoms with Crippen LogP contribution >= 0.6 is 0 Å². The van der Waals surface area contributed by atoms with Crippen LogP contribution in [-0.4, -0.2) is 27.2 Å². The molecule has 4 nitrogen and oxygen atoms in total. The van der Waals surface area contributed by atoms with Crippen LogP contribution in [0.5, 0.6) is 0 Å². The molecule has 0 bridgehead atoms. The summed E-state index contributed by atoms with van der Waals surface area (Å²) in [6.07, 6.45) is 2.13. The Balaban J connectivity index is 2.29. The maximum absolute atomic E-state index is 10.5. The van der Waals surface area contributed by atoms with Gasteiger partial charge in [0, 0.05) is 19.6 Å². The summed E-state index contributed by atoms with van der Waals surface area (Å²) < 4.78 is 2.05. The molecule has 1 heterocycles. The fourth-order valence-corrected chi connectivity index (χ4v) is 2.47. The van der Waals surface area contributed by atoms with Crippen LogP contribution in [0.25, 0.3) is 11.0 Å².